The summed E-state index contributed by atoms with van der Waals surface area (Å²) in [5.74, 6) is -0.803. The molecule has 1 N–H and O–H groups in total. The molecule has 0 atom stereocenters. The number of ether oxygens (including phenoxy) is 1. The molecule has 1 amide bonds. The highest BCUT2D eigenvalue weighted by molar-refractivity contribution is 9.10. The van der Waals surface area contributed by atoms with E-state index in [4.69, 9.17) is 4.74 Å². The summed E-state index contributed by atoms with van der Waals surface area (Å²) in [7, 11) is 1.32. The first-order chi connectivity index (χ1) is 11.8. The number of hydrogen-bond acceptors (Lipinski definition) is 5. The fourth-order valence-corrected chi connectivity index (χ4v) is 4.13. The van der Waals surface area contributed by atoms with Crippen LogP contribution in [0.5, 0.6) is 0 Å². The normalized spacial score (nSPS) is 10.9. The Morgan fingerprint density at radius 2 is 2.00 bits per heavy atom. The van der Waals surface area contributed by atoms with Crippen molar-refractivity contribution in [3.05, 3.63) is 50.2 Å². The molecule has 0 spiro atoms. The fourth-order valence-electron chi connectivity index (χ4n) is 2.69. The maximum atomic E-state index is 12.9. The van der Waals surface area contributed by atoms with Crippen molar-refractivity contribution in [2.24, 2.45) is 0 Å². The van der Waals surface area contributed by atoms with Crippen molar-refractivity contribution in [2.45, 2.75) is 20.8 Å². The van der Waals surface area contributed by atoms with Gasteiger partial charge >= 0.3 is 5.97 Å². The number of rotatable bonds is 3. The van der Waals surface area contributed by atoms with Crippen molar-refractivity contribution in [1.29, 1.82) is 0 Å². The molecule has 0 aliphatic rings. The Bertz CT molecular complexity index is 1010. The highest BCUT2D eigenvalue weighted by Crippen LogP contribution is 2.29. The second kappa shape index (κ2) is 6.61. The molecule has 3 aromatic heterocycles. The highest BCUT2D eigenvalue weighted by Gasteiger charge is 2.22. The van der Waals surface area contributed by atoms with E-state index in [1.54, 1.807) is 23.6 Å². The Morgan fingerprint density at radius 3 is 2.68 bits per heavy atom. The smallest absolute Gasteiger partial charge is 0.340 e. The van der Waals surface area contributed by atoms with E-state index in [1.165, 1.54) is 18.4 Å². The number of carbonyl (C=O) groups excluding carboxylic acids is 2. The SMILES string of the molecule is COC(=O)c1cc(C)sc1NC(=O)c1c(C)nc2c(C)cc(Br)cn12. The molecular formula is C17H16BrN3O3S. The number of imidazole rings is 1. The fraction of sp³-hybridized carbons (Fsp3) is 0.235. The lowest BCUT2D eigenvalue weighted by atomic mass is 10.2. The molecule has 0 saturated carbocycles. The van der Waals surface area contributed by atoms with Gasteiger partial charge in [-0.05, 0) is 54.4 Å². The molecular weight excluding hydrogens is 406 g/mol. The van der Waals surface area contributed by atoms with E-state index in [1.807, 2.05) is 19.9 Å². The average molecular weight is 422 g/mol. The molecule has 3 heterocycles. The largest absolute Gasteiger partial charge is 0.465 e. The van der Waals surface area contributed by atoms with Gasteiger partial charge in [-0.3, -0.25) is 9.20 Å². The highest BCUT2D eigenvalue weighted by atomic mass is 79.9. The van der Waals surface area contributed by atoms with Gasteiger partial charge in [0.15, 0.2) is 0 Å². The predicted molar refractivity (Wildman–Crippen MR) is 101 cm³/mol. The van der Waals surface area contributed by atoms with Crippen LogP contribution in [0.1, 0.15) is 37.0 Å². The second-order valence-electron chi connectivity index (χ2n) is 5.63. The topological polar surface area (TPSA) is 72.7 Å². The number of nitrogens with zero attached hydrogens (tertiary/aromatic N) is 2. The third kappa shape index (κ3) is 3.19. The summed E-state index contributed by atoms with van der Waals surface area (Å²) >= 11 is 4.78. The van der Waals surface area contributed by atoms with Crippen LogP contribution in [0.2, 0.25) is 0 Å². The van der Waals surface area contributed by atoms with E-state index < -0.39 is 5.97 Å². The molecule has 3 rings (SSSR count). The molecule has 25 heavy (non-hydrogen) atoms. The number of esters is 1. The number of anilines is 1. The van der Waals surface area contributed by atoms with E-state index >= 15 is 0 Å². The molecule has 0 aliphatic carbocycles. The van der Waals surface area contributed by atoms with Crippen LogP contribution in [-0.2, 0) is 4.74 Å². The number of thiophene rings is 1. The molecule has 130 valence electrons. The summed E-state index contributed by atoms with van der Waals surface area (Å²) in [4.78, 5) is 30.2. The van der Waals surface area contributed by atoms with Crippen LogP contribution in [0.4, 0.5) is 5.00 Å². The zero-order valence-electron chi connectivity index (χ0n) is 14.1. The number of aromatic nitrogens is 2. The first-order valence-electron chi connectivity index (χ1n) is 7.46. The lowest BCUT2D eigenvalue weighted by Crippen LogP contribution is -2.17. The minimum Gasteiger partial charge on any atom is -0.465 e. The van der Waals surface area contributed by atoms with Gasteiger partial charge < -0.3 is 10.1 Å². The maximum absolute atomic E-state index is 12.9. The van der Waals surface area contributed by atoms with Crippen LogP contribution in [-0.4, -0.2) is 28.4 Å². The summed E-state index contributed by atoms with van der Waals surface area (Å²) in [6.07, 6.45) is 1.80. The standard InChI is InChI=1S/C17H16BrN3O3S/c1-8-5-11(18)7-21-13(10(3)19-14(8)21)15(22)20-16-12(17(23)24-4)6-9(2)25-16/h5-7H,1-4H3,(H,20,22). The number of pyridine rings is 1. The third-order valence-corrected chi connectivity index (χ3v) is 5.15. The van der Waals surface area contributed by atoms with Crippen LogP contribution in [0, 0.1) is 20.8 Å². The zero-order chi connectivity index (χ0) is 18.3. The van der Waals surface area contributed by atoms with Gasteiger partial charge in [-0.25, -0.2) is 9.78 Å². The zero-order valence-corrected chi connectivity index (χ0v) is 16.5. The Kier molecular flexibility index (Phi) is 4.66. The number of halogens is 1. The summed E-state index contributed by atoms with van der Waals surface area (Å²) in [5.41, 5.74) is 3.08. The van der Waals surface area contributed by atoms with Crippen molar-refractivity contribution in [3.8, 4) is 0 Å². The molecule has 3 aromatic rings. The summed E-state index contributed by atoms with van der Waals surface area (Å²) in [5, 5.41) is 3.29. The van der Waals surface area contributed by atoms with E-state index in [9.17, 15) is 9.59 Å². The van der Waals surface area contributed by atoms with Crippen molar-refractivity contribution < 1.29 is 14.3 Å². The van der Waals surface area contributed by atoms with Gasteiger partial charge in [-0.1, -0.05) is 0 Å². The van der Waals surface area contributed by atoms with Crippen LogP contribution in [0.25, 0.3) is 5.65 Å². The molecule has 0 fully saturated rings. The van der Waals surface area contributed by atoms with E-state index in [2.05, 4.69) is 26.2 Å². The van der Waals surface area contributed by atoms with Gasteiger partial charge in [0.25, 0.3) is 5.91 Å². The van der Waals surface area contributed by atoms with Crippen LogP contribution in [0.3, 0.4) is 0 Å². The molecule has 8 heteroatoms. The van der Waals surface area contributed by atoms with Crippen molar-refractivity contribution >= 4 is 49.8 Å². The Morgan fingerprint density at radius 1 is 1.28 bits per heavy atom. The molecule has 0 bridgehead atoms. The van der Waals surface area contributed by atoms with Gasteiger partial charge in [-0.15, -0.1) is 11.3 Å². The van der Waals surface area contributed by atoms with Crippen molar-refractivity contribution in [1.82, 2.24) is 9.38 Å². The Labute approximate surface area is 157 Å². The molecule has 0 radical (unpaired) electrons. The quantitative estimate of drug-likeness (QED) is 0.645. The van der Waals surface area contributed by atoms with Crippen LogP contribution in [0.15, 0.2) is 22.8 Å². The van der Waals surface area contributed by atoms with E-state index in [-0.39, 0.29) is 5.91 Å². The first-order valence-corrected chi connectivity index (χ1v) is 9.07. The summed E-state index contributed by atoms with van der Waals surface area (Å²) < 4.78 is 7.39. The van der Waals surface area contributed by atoms with E-state index in [0.29, 0.717) is 22.0 Å². The van der Waals surface area contributed by atoms with Crippen molar-refractivity contribution in [3.63, 3.8) is 0 Å². The first kappa shape index (κ1) is 17.6. The van der Waals surface area contributed by atoms with Gasteiger partial charge in [0.1, 0.15) is 16.3 Å². The third-order valence-electron chi connectivity index (χ3n) is 3.75. The molecule has 0 saturated heterocycles. The number of amides is 1. The average Bonchev–Trinajstić information content (AvgIpc) is 3.06. The number of fused-ring (bicyclic) bond motifs is 1. The molecule has 0 aromatic carbocycles. The molecule has 0 aliphatic heterocycles. The summed E-state index contributed by atoms with van der Waals surface area (Å²) in [6, 6.07) is 3.65. The second-order valence-corrected chi connectivity index (χ2v) is 7.80. The van der Waals surface area contributed by atoms with Crippen LogP contribution >= 0.6 is 27.3 Å². The molecule has 0 unspecified atom stereocenters. The maximum Gasteiger partial charge on any atom is 0.340 e. The predicted octanol–water partition coefficient (Wildman–Crippen LogP) is 4.12. The lowest BCUT2D eigenvalue weighted by molar-refractivity contribution is 0.0602. The minimum absolute atomic E-state index is 0.325. The minimum atomic E-state index is -0.479. The van der Waals surface area contributed by atoms with Crippen LogP contribution < -0.4 is 5.32 Å². The van der Waals surface area contributed by atoms with Gasteiger partial charge in [0, 0.05) is 15.5 Å². The number of aryl methyl sites for hydroxylation is 3. The monoisotopic (exact) mass is 421 g/mol. The Balaban J connectivity index is 2.05. The molecule has 6 nitrogen and oxygen atoms in total. The lowest BCUT2D eigenvalue weighted by Gasteiger charge is -2.07. The van der Waals surface area contributed by atoms with Gasteiger partial charge in [0.2, 0.25) is 0 Å². The summed E-state index contributed by atoms with van der Waals surface area (Å²) in [6.45, 7) is 5.59. The Hall–Kier alpha value is -2.19. The van der Waals surface area contributed by atoms with Gasteiger partial charge in [-0.2, -0.15) is 0 Å². The number of hydrogen-bond donors (Lipinski definition) is 1. The number of nitrogens with one attached hydrogen (secondary N) is 1. The number of carbonyl (C=O) groups is 2. The van der Waals surface area contributed by atoms with E-state index in [0.717, 1.165) is 20.6 Å². The number of methoxy groups -OCH3 is 1. The van der Waals surface area contributed by atoms with Crippen molar-refractivity contribution in [2.75, 3.05) is 12.4 Å². The van der Waals surface area contributed by atoms with Gasteiger partial charge in [0.05, 0.1) is 18.4 Å².